The molecule has 0 bridgehead atoms. The largest absolute Gasteiger partial charge is 0.344 e. The third-order valence-electron chi connectivity index (χ3n) is 2.84. The van der Waals surface area contributed by atoms with Crippen LogP contribution in [-0.2, 0) is 11.2 Å². The summed E-state index contributed by atoms with van der Waals surface area (Å²) in [6.07, 6.45) is 2.61. The molecule has 0 spiro atoms. The van der Waals surface area contributed by atoms with Crippen LogP contribution in [0.5, 0.6) is 0 Å². The summed E-state index contributed by atoms with van der Waals surface area (Å²) in [6, 6.07) is 4.13. The van der Waals surface area contributed by atoms with E-state index in [1.807, 2.05) is 13.1 Å². The van der Waals surface area contributed by atoms with Crippen molar-refractivity contribution in [2.45, 2.75) is 24.8 Å². The second-order valence-corrected chi connectivity index (χ2v) is 5.24. The lowest BCUT2D eigenvalue weighted by Crippen LogP contribution is -2.44. The van der Waals surface area contributed by atoms with Crippen molar-refractivity contribution in [1.82, 2.24) is 4.90 Å². The molecule has 5 heteroatoms. The zero-order chi connectivity index (χ0) is 10.9. The van der Waals surface area contributed by atoms with Gasteiger partial charge in [0.2, 0.25) is 5.91 Å². The molecule has 1 aromatic rings. The maximum Gasteiger partial charge on any atom is 0.242 e. The maximum absolute atomic E-state index is 11.8. The Morgan fingerprint density at radius 3 is 2.81 bits per heavy atom. The molecule has 1 aliphatic rings. The smallest absolute Gasteiger partial charge is 0.242 e. The number of carbonyl (C=O) groups excluding carboxylic acids is 1. The van der Waals surface area contributed by atoms with E-state index in [4.69, 9.17) is 5.73 Å². The van der Waals surface area contributed by atoms with Gasteiger partial charge < -0.3 is 10.6 Å². The molecule has 1 aromatic heterocycles. The van der Waals surface area contributed by atoms with Crippen LogP contribution in [-0.4, -0.2) is 29.9 Å². The zero-order valence-electron chi connectivity index (χ0n) is 9.31. The van der Waals surface area contributed by atoms with Gasteiger partial charge in [-0.15, -0.1) is 23.7 Å². The van der Waals surface area contributed by atoms with Gasteiger partial charge in [-0.2, -0.15) is 0 Å². The highest BCUT2D eigenvalue weighted by Gasteiger charge is 2.47. The van der Waals surface area contributed by atoms with Gasteiger partial charge in [0, 0.05) is 18.5 Å². The average Bonchev–Trinajstić information content (AvgIpc) is 2.80. The van der Waals surface area contributed by atoms with Gasteiger partial charge in [0.25, 0.3) is 0 Å². The SMILES string of the molecule is CN(CCc1cccs1)C(=O)C1(N)CC1.Cl. The number of rotatable bonds is 4. The molecule has 90 valence electrons. The van der Waals surface area contributed by atoms with Crippen LogP contribution in [0.3, 0.4) is 0 Å². The summed E-state index contributed by atoms with van der Waals surface area (Å²) in [5.41, 5.74) is 5.33. The van der Waals surface area contributed by atoms with Crippen molar-refractivity contribution in [3.8, 4) is 0 Å². The number of carbonyl (C=O) groups is 1. The van der Waals surface area contributed by atoms with Crippen molar-refractivity contribution in [3.63, 3.8) is 0 Å². The van der Waals surface area contributed by atoms with Crippen LogP contribution in [0.4, 0.5) is 0 Å². The molecule has 2 rings (SSSR count). The summed E-state index contributed by atoms with van der Waals surface area (Å²) in [5.74, 6) is 0.0963. The topological polar surface area (TPSA) is 46.3 Å². The molecule has 1 fully saturated rings. The number of thiophene rings is 1. The van der Waals surface area contributed by atoms with Crippen LogP contribution in [0.2, 0.25) is 0 Å². The third-order valence-corrected chi connectivity index (χ3v) is 3.77. The van der Waals surface area contributed by atoms with Gasteiger partial charge in [-0.25, -0.2) is 0 Å². The molecule has 0 atom stereocenters. The van der Waals surface area contributed by atoms with Crippen molar-refractivity contribution < 1.29 is 4.79 Å². The van der Waals surface area contributed by atoms with E-state index in [0.717, 1.165) is 25.8 Å². The van der Waals surface area contributed by atoms with Crippen LogP contribution in [0, 0.1) is 0 Å². The fourth-order valence-corrected chi connectivity index (χ4v) is 2.26. The lowest BCUT2D eigenvalue weighted by molar-refractivity contribution is -0.132. The zero-order valence-corrected chi connectivity index (χ0v) is 10.9. The number of likely N-dealkylation sites (N-methyl/N-ethyl adjacent to an activating group) is 1. The van der Waals surface area contributed by atoms with Gasteiger partial charge in [-0.3, -0.25) is 4.79 Å². The van der Waals surface area contributed by atoms with Crippen LogP contribution in [0.15, 0.2) is 17.5 Å². The molecule has 0 saturated heterocycles. The first-order chi connectivity index (χ1) is 7.12. The minimum absolute atomic E-state index is 0. The summed E-state index contributed by atoms with van der Waals surface area (Å²) in [5, 5.41) is 2.06. The fourth-order valence-electron chi connectivity index (χ4n) is 1.56. The Hall–Kier alpha value is -0.580. The second kappa shape index (κ2) is 5.17. The average molecular weight is 261 g/mol. The van der Waals surface area contributed by atoms with Gasteiger partial charge in [0.15, 0.2) is 0 Å². The van der Waals surface area contributed by atoms with E-state index < -0.39 is 5.54 Å². The standard InChI is InChI=1S/C11H16N2OS.ClH/c1-13(10(14)11(12)5-6-11)7-4-9-3-2-8-15-9;/h2-3,8H,4-7,12H2,1H3;1H. The number of hydrogen-bond acceptors (Lipinski definition) is 3. The Morgan fingerprint density at radius 1 is 1.62 bits per heavy atom. The normalized spacial score (nSPS) is 16.4. The predicted octanol–water partition coefficient (Wildman–Crippen LogP) is 1.66. The van der Waals surface area contributed by atoms with Crippen molar-refractivity contribution in [3.05, 3.63) is 22.4 Å². The molecule has 1 amide bonds. The lowest BCUT2D eigenvalue weighted by atomic mass is 10.2. The monoisotopic (exact) mass is 260 g/mol. The minimum atomic E-state index is -0.524. The van der Waals surface area contributed by atoms with Crippen LogP contribution in [0.25, 0.3) is 0 Å². The van der Waals surface area contributed by atoms with Crippen molar-refractivity contribution in [2.75, 3.05) is 13.6 Å². The first-order valence-electron chi connectivity index (χ1n) is 5.19. The second-order valence-electron chi connectivity index (χ2n) is 4.21. The molecule has 1 heterocycles. The van der Waals surface area contributed by atoms with Crippen molar-refractivity contribution >= 4 is 29.7 Å². The van der Waals surface area contributed by atoms with Crippen LogP contribution in [0.1, 0.15) is 17.7 Å². The van der Waals surface area contributed by atoms with Crippen LogP contribution >= 0.6 is 23.7 Å². The minimum Gasteiger partial charge on any atom is -0.344 e. The molecule has 0 unspecified atom stereocenters. The van der Waals surface area contributed by atoms with Gasteiger partial charge in [-0.05, 0) is 30.7 Å². The molecule has 1 saturated carbocycles. The van der Waals surface area contributed by atoms with E-state index in [-0.39, 0.29) is 18.3 Å². The first-order valence-corrected chi connectivity index (χ1v) is 6.07. The third kappa shape index (κ3) is 2.97. The Bertz CT molecular complexity index is 349. The Morgan fingerprint density at radius 2 is 2.31 bits per heavy atom. The van der Waals surface area contributed by atoms with E-state index in [9.17, 15) is 4.79 Å². The highest BCUT2D eigenvalue weighted by atomic mass is 35.5. The van der Waals surface area contributed by atoms with Crippen molar-refractivity contribution in [2.24, 2.45) is 5.73 Å². The van der Waals surface area contributed by atoms with E-state index in [2.05, 4.69) is 11.4 Å². The van der Waals surface area contributed by atoms with Crippen LogP contribution < -0.4 is 5.73 Å². The summed E-state index contributed by atoms with van der Waals surface area (Å²) >= 11 is 1.73. The quantitative estimate of drug-likeness (QED) is 0.895. The molecule has 2 N–H and O–H groups in total. The van der Waals surface area contributed by atoms with Gasteiger partial charge >= 0.3 is 0 Å². The molecule has 1 aliphatic carbocycles. The molecule has 16 heavy (non-hydrogen) atoms. The Balaban J connectivity index is 0.00000128. The van der Waals surface area contributed by atoms with Gasteiger partial charge in [-0.1, -0.05) is 6.07 Å². The molecular weight excluding hydrogens is 244 g/mol. The summed E-state index contributed by atoms with van der Waals surface area (Å²) in [6.45, 7) is 0.762. The number of nitrogens with two attached hydrogens (primary N) is 1. The molecule has 0 radical (unpaired) electrons. The molecule has 0 aliphatic heterocycles. The van der Waals surface area contributed by atoms with E-state index >= 15 is 0 Å². The Labute approximate surface area is 106 Å². The molecule has 0 aromatic carbocycles. The molecular formula is C11H17ClN2OS. The predicted molar refractivity (Wildman–Crippen MR) is 69.1 cm³/mol. The summed E-state index contributed by atoms with van der Waals surface area (Å²) in [7, 11) is 1.84. The highest BCUT2D eigenvalue weighted by Crippen LogP contribution is 2.33. The number of nitrogens with zero attached hydrogens (tertiary/aromatic N) is 1. The van der Waals surface area contributed by atoms with Crippen molar-refractivity contribution in [1.29, 1.82) is 0 Å². The van der Waals surface area contributed by atoms with Gasteiger partial charge in [0.05, 0.1) is 5.54 Å². The van der Waals surface area contributed by atoms with E-state index in [1.165, 1.54) is 4.88 Å². The summed E-state index contributed by atoms with van der Waals surface area (Å²) in [4.78, 5) is 14.9. The molecule has 3 nitrogen and oxygen atoms in total. The highest BCUT2D eigenvalue weighted by molar-refractivity contribution is 7.09. The number of halogens is 1. The first kappa shape index (κ1) is 13.5. The fraction of sp³-hybridized carbons (Fsp3) is 0.545. The maximum atomic E-state index is 11.8. The number of amides is 1. The summed E-state index contributed by atoms with van der Waals surface area (Å²) < 4.78 is 0. The number of hydrogen-bond donors (Lipinski definition) is 1. The van der Waals surface area contributed by atoms with E-state index in [0.29, 0.717) is 0 Å². The van der Waals surface area contributed by atoms with Gasteiger partial charge in [0.1, 0.15) is 0 Å². The van der Waals surface area contributed by atoms with E-state index in [1.54, 1.807) is 16.2 Å². The lowest BCUT2D eigenvalue weighted by Gasteiger charge is -2.20. The Kier molecular flexibility index (Phi) is 4.35.